The molecule has 0 radical (unpaired) electrons. The van der Waals surface area contributed by atoms with Gasteiger partial charge in [-0.3, -0.25) is 4.79 Å². The van der Waals surface area contributed by atoms with Gasteiger partial charge in [-0.1, -0.05) is 29.3 Å². The number of hydrogen-bond donors (Lipinski definition) is 1. The van der Waals surface area contributed by atoms with Gasteiger partial charge in [-0.05, 0) is 30.3 Å². The van der Waals surface area contributed by atoms with Crippen molar-refractivity contribution in [2.24, 2.45) is 0 Å². The van der Waals surface area contributed by atoms with Crippen molar-refractivity contribution >= 4 is 46.2 Å². The summed E-state index contributed by atoms with van der Waals surface area (Å²) in [6.45, 7) is 0. The first-order valence-corrected chi connectivity index (χ1v) is 8.37. The molecule has 2 aromatic carbocycles. The van der Waals surface area contributed by atoms with Crippen LogP contribution >= 0.6 is 23.2 Å². The Labute approximate surface area is 162 Å². The predicted octanol–water partition coefficient (Wildman–Crippen LogP) is 3.30. The van der Waals surface area contributed by atoms with E-state index in [1.165, 1.54) is 37.4 Å². The van der Waals surface area contributed by atoms with E-state index in [-0.39, 0.29) is 16.1 Å². The summed E-state index contributed by atoms with van der Waals surface area (Å²) in [6.07, 6.45) is -0.244. The molecule has 1 N–H and O–H groups in total. The third kappa shape index (κ3) is 4.10. The number of ether oxygens (including phenoxy) is 2. The quantitative estimate of drug-likeness (QED) is 0.667. The maximum absolute atomic E-state index is 12.5. The highest BCUT2D eigenvalue weighted by Crippen LogP contribution is 2.30. The van der Waals surface area contributed by atoms with Gasteiger partial charge in [0.2, 0.25) is 6.10 Å². The monoisotopic (exact) mass is 406 g/mol. The van der Waals surface area contributed by atoms with Crippen LogP contribution in [0, 0.1) is 0 Å². The molecule has 1 atom stereocenters. The molecule has 3 rings (SSSR count). The number of halogens is 2. The minimum Gasteiger partial charge on any atom is -0.466 e. The number of rotatable bonds is 4. The van der Waals surface area contributed by atoms with Gasteiger partial charge in [-0.2, -0.15) is 0 Å². The van der Waals surface area contributed by atoms with Gasteiger partial charge in [0, 0.05) is 15.6 Å². The molecule has 0 fully saturated rings. The van der Waals surface area contributed by atoms with E-state index in [1.54, 1.807) is 6.07 Å². The molecule has 0 aliphatic rings. The summed E-state index contributed by atoms with van der Waals surface area (Å²) < 4.78 is 10.0. The van der Waals surface area contributed by atoms with Crippen molar-refractivity contribution in [1.82, 2.24) is 9.97 Å². The van der Waals surface area contributed by atoms with E-state index >= 15 is 0 Å². The lowest BCUT2D eigenvalue weighted by atomic mass is 10.1. The summed E-state index contributed by atoms with van der Waals surface area (Å²) >= 11 is 12.0. The van der Waals surface area contributed by atoms with Crippen molar-refractivity contribution in [3.63, 3.8) is 0 Å². The van der Waals surface area contributed by atoms with Crippen molar-refractivity contribution in [3.8, 4) is 0 Å². The molecule has 0 saturated carbocycles. The highest BCUT2D eigenvalue weighted by Gasteiger charge is 2.28. The number of carbonyl (C=O) groups is 2. The SMILES string of the molecule is COC(=O)C(OC(=O)c1ccc2ncc(=O)[nH]c2c1)c1ccc(Cl)cc1Cl. The molecule has 0 saturated heterocycles. The Balaban J connectivity index is 1.95. The molecule has 0 amide bonds. The van der Waals surface area contributed by atoms with Crippen molar-refractivity contribution in [2.75, 3.05) is 7.11 Å². The Kier molecular flexibility index (Phi) is 5.43. The molecule has 1 heterocycles. The second-order valence-electron chi connectivity index (χ2n) is 5.45. The lowest BCUT2D eigenvalue weighted by Gasteiger charge is -2.17. The smallest absolute Gasteiger partial charge is 0.352 e. The molecule has 1 unspecified atom stereocenters. The van der Waals surface area contributed by atoms with Crippen LogP contribution in [-0.4, -0.2) is 29.0 Å². The van der Waals surface area contributed by atoms with Gasteiger partial charge in [0.25, 0.3) is 5.56 Å². The molecule has 9 heteroatoms. The molecular formula is C18H12Cl2N2O5. The molecule has 3 aromatic rings. The van der Waals surface area contributed by atoms with Crippen LogP contribution in [0.15, 0.2) is 47.4 Å². The van der Waals surface area contributed by atoms with Gasteiger partial charge in [-0.15, -0.1) is 0 Å². The largest absolute Gasteiger partial charge is 0.466 e. The van der Waals surface area contributed by atoms with Gasteiger partial charge in [0.15, 0.2) is 0 Å². The van der Waals surface area contributed by atoms with Crippen LogP contribution in [0.2, 0.25) is 10.0 Å². The second kappa shape index (κ2) is 7.77. The molecule has 0 bridgehead atoms. The van der Waals surface area contributed by atoms with E-state index in [9.17, 15) is 14.4 Å². The number of aromatic amines is 1. The third-order valence-electron chi connectivity index (χ3n) is 3.70. The van der Waals surface area contributed by atoms with Crippen LogP contribution in [0.5, 0.6) is 0 Å². The van der Waals surface area contributed by atoms with Crippen molar-refractivity contribution in [3.05, 3.63) is 74.1 Å². The van der Waals surface area contributed by atoms with Gasteiger partial charge in [0.1, 0.15) is 0 Å². The molecule has 27 heavy (non-hydrogen) atoms. The molecule has 0 aliphatic carbocycles. The van der Waals surface area contributed by atoms with E-state index in [4.69, 9.17) is 32.7 Å². The average molecular weight is 407 g/mol. The fourth-order valence-corrected chi connectivity index (χ4v) is 2.91. The Bertz CT molecular complexity index is 1100. The first-order valence-electron chi connectivity index (χ1n) is 7.62. The fraction of sp³-hybridized carbons (Fsp3) is 0.111. The Hall–Kier alpha value is -2.90. The van der Waals surface area contributed by atoms with E-state index in [0.717, 1.165) is 6.20 Å². The number of fused-ring (bicyclic) bond motifs is 1. The lowest BCUT2D eigenvalue weighted by Crippen LogP contribution is -2.21. The summed E-state index contributed by atoms with van der Waals surface area (Å²) in [6, 6.07) is 8.83. The first kappa shape index (κ1) is 18.9. The second-order valence-corrected chi connectivity index (χ2v) is 6.30. The number of nitrogens with zero attached hydrogens (tertiary/aromatic N) is 1. The lowest BCUT2D eigenvalue weighted by molar-refractivity contribution is -0.151. The minimum absolute atomic E-state index is 0.116. The van der Waals surface area contributed by atoms with E-state index < -0.39 is 23.6 Å². The summed E-state index contributed by atoms with van der Waals surface area (Å²) in [4.78, 5) is 42.6. The molecule has 7 nitrogen and oxygen atoms in total. The van der Waals surface area contributed by atoms with Crippen LogP contribution in [0.4, 0.5) is 0 Å². The van der Waals surface area contributed by atoms with Crippen LogP contribution in [0.25, 0.3) is 11.0 Å². The molecular weight excluding hydrogens is 395 g/mol. The zero-order chi connectivity index (χ0) is 19.6. The van der Waals surface area contributed by atoms with Crippen LogP contribution < -0.4 is 5.56 Å². The maximum atomic E-state index is 12.5. The van der Waals surface area contributed by atoms with Crippen molar-refractivity contribution in [1.29, 1.82) is 0 Å². The summed E-state index contributed by atoms with van der Waals surface area (Å²) in [5, 5.41) is 0.516. The summed E-state index contributed by atoms with van der Waals surface area (Å²) in [7, 11) is 1.17. The topological polar surface area (TPSA) is 98.3 Å². The Morgan fingerprint density at radius 2 is 1.93 bits per heavy atom. The standard InChI is InChI=1S/C18H12Cl2N2O5/c1-26-18(25)16(11-4-3-10(19)7-12(11)20)27-17(24)9-2-5-13-14(6-9)22-15(23)8-21-13/h2-8,16H,1H3,(H,22,23). The number of H-pyrrole nitrogens is 1. The fourth-order valence-electron chi connectivity index (χ4n) is 2.40. The summed E-state index contributed by atoms with van der Waals surface area (Å²) in [5.41, 5.74) is 0.795. The molecule has 138 valence electrons. The summed E-state index contributed by atoms with van der Waals surface area (Å²) in [5.74, 6) is -1.61. The first-order chi connectivity index (χ1) is 12.9. The number of aromatic nitrogens is 2. The van der Waals surface area contributed by atoms with Crippen molar-refractivity contribution in [2.45, 2.75) is 6.10 Å². The predicted molar refractivity (Wildman–Crippen MR) is 99.0 cm³/mol. The maximum Gasteiger partial charge on any atom is 0.352 e. The minimum atomic E-state index is -1.38. The van der Waals surface area contributed by atoms with Gasteiger partial charge in [-0.25, -0.2) is 14.6 Å². The third-order valence-corrected chi connectivity index (χ3v) is 4.26. The Morgan fingerprint density at radius 1 is 1.15 bits per heavy atom. The number of methoxy groups -OCH3 is 1. The Morgan fingerprint density at radius 3 is 2.63 bits per heavy atom. The van der Waals surface area contributed by atoms with E-state index in [1.807, 2.05) is 0 Å². The number of nitrogens with one attached hydrogen (secondary N) is 1. The number of carbonyl (C=O) groups excluding carboxylic acids is 2. The van der Waals surface area contributed by atoms with Crippen molar-refractivity contribution < 1.29 is 19.1 Å². The zero-order valence-corrected chi connectivity index (χ0v) is 15.4. The van der Waals surface area contributed by atoms with Crippen LogP contribution in [0.3, 0.4) is 0 Å². The average Bonchev–Trinajstić information content (AvgIpc) is 2.65. The van der Waals surface area contributed by atoms with Crippen LogP contribution in [-0.2, 0) is 14.3 Å². The van der Waals surface area contributed by atoms with Gasteiger partial charge < -0.3 is 14.5 Å². The normalized spacial score (nSPS) is 11.8. The highest BCUT2D eigenvalue weighted by atomic mass is 35.5. The van der Waals surface area contributed by atoms with Gasteiger partial charge >= 0.3 is 11.9 Å². The number of benzene rings is 2. The number of hydrogen-bond acceptors (Lipinski definition) is 6. The van der Waals surface area contributed by atoms with E-state index in [2.05, 4.69) is 9.97 Å². The van der Waals surface area contributed by atoms with Gasteiger partial charge in [0.05, 0.1) is 29.9 Å². The molecule has 1 aromatic heterocycles. The molecule has 0 aliphatic heterocycles. The van der Waals surface area contributed by atoms with Crippen LogP contribution in [0.1, 0.15) is 22.0 Å². The zero-order valence-electron chi connectivity index (χ0n) is 13.9. The molecule has 0 spiro atoms. The highest BCUT2D eigenvalue weighted by molar-refractivity contribution is 6.35. The number of esters is 2. The van der Waals surface area contributed by atoms with E-state index in [0.29, 0.717) is 16.1 Å².